The zero-order valence-electron chi connectivity index (χ0n) is 19.3. The van der Waals surface area contributed by atoms with Crippen molar-refractivity contribution in [3.05, 3.63) is 71.3 Å². The van der Waals surface area contributed by atoms with Gasteiger partial charge in [0.25, 0.3) is 0 Å². The summed E-state index contributed by atoms with van der Waals surface area (Å²) in [5.41, 5.74) is 3.19. The first-order valence-electron chi connectivity index (χ1n) is 11.4. The number of piperazine rings is 1. The Labute approximate surface area is 192 Å². The van der Waals surface area contributed by atoms with Gasteiger partial charge in [0, 0.05) is 26.2 Å². The number of carbonyl (C=O) groups excluding carboxylic acids is 1. The molecule has 0 radical (unpaired) electrons. The summed E-state index contributed by atoms with van der Waals surface area (Å²) in [5, 5.41) is 3.07. The van der Waals surface area contributed by atoms with Gasteiger partial charge >= 0.3 is 0 Å². The molecule has 2 aromatic rings. The highest BCUT2D eigenvalue weighted by molar-refractivity contribution is 7.88. The smallest absolute Gasteiger partial charge is 0.234 e. The fraction of sp³-hybridized carbons (Fsp3) is 0.480. The van der Waals surface area contributed by atoms with Crippen LogP contribution in [0.1, 0.15) is 43.5 Å². The number of hydrogen-bond acceptors (Lipinski definition) is 4. The van der Waals surface area contributed by atoms with Crippen LogP contribution >= 0.6 is 0 Å². The van der Waals surface area contributed by atoms with Gasteiger partial charge in [-0.05, 0) is 36.0 Å². The van der Waals surface area contributed by atoms with E-state index in [-0.39, 0.29) is 24.2 Å². The third kappa shape index (κ3) is 7.15. The molecule has 0 spiro atoms. The molecule has 1 fully saturated rings. The van der Waals surface area contributed by atoms with E-state index in [1.54, 1.807) is 0 Å². The highest BCUT2D eigenvalue weighted by atomic mass is 32.2. The Morgan fingerprint density at radius 1 is 0.906 bits per heavy atom. The Kier molecular flexibility index (Phi) is 8.45. The van der Waals surface area contributed by atoms with E-state index in [1.165, 1.54) is 9.87 Å². The SMILES string of the molecule is CC(C)Cc1ccc([C@@H](C)NC(=O)CN2CCN(S(=O)(=O)Cc3ccccc3)CC2)cc1. The number of hydrogen-bond donors (Lipinski definition) is 1. The summed E-state index contributed by atoms with van der Waals surface area (Å²) in [6, 6.07) is 17.6. The highest BCUT2D eigenvalue weighted by Gasteiger charge is 2.28. The molecule has 1 heterocycles. The Morgan fingerprint density at radius 2 is 1.53 bits per heavy atom. The van der Waals surface area contributed by atoms with Crippen molar-refractivity contribution in [3.8, 4) is 0 Å². The van der Waals surface area contributed by atoms with E-state index in [0.717, 1.165) is 17.5 Å². The molecular weight excluding hydrogens is 422 g/mol. The number of benzene rings is 2. The minimum absolute atomic E-state index is 0.0157. The minimum Gasteiger partial charge on any atom is -0.348 e. The second-order valence-corrected chi connectivity index (χ2v) is 11.0. The molecule has 1 aliphatic rings. The first-order chi connectivity index (χ1) is 15.2. The van der Waals surface area contributed by atoms with Crippen LogP contribution in [0, 0.1) is 5.92 Å². The molecular formula is C25H35N3O3S. The maximum atomic E-state index is 12.7. The number of nitrogens with zero attached hydrogens (tertiary/aromatic N) is 2. The van der Waals surface area contributed by atoms with E-state index in [4.69, 9.17) is 0 Å². The molecule has 1 amide bonds. The third-order valence-corrected chi connectivity index (χ3v) is 7.63. The second-order valence-electron chi connectivity index (χ2n) is 9.05. The van der Waals surface area contributed by atoms with Crippen molar-refractivity contribution in [2.45, 2.75) is 39.0 Å². The molecule has 3 rings (SSSR count). The molecule has 1 atom stereocenters. The Hall–Kier alpha value is -2.22. The van der Waals surface area contributed by atoms with Gasteiger partial charge in [-0.15, -0.1) is 0 Å². The first kappa shape index (κ1) is 24.4. The maximum Gasteiger partial charge on any atom is 0.234 e. The molecule has 0 unspecified atom stereocenters. The van der Waals surface area contributed by atoms with Crippen molar-refractivity contribution >= 4 is 15.9 Å². The standard InChI is InChI=1S/C25H35N3O3S/c1-20(2)17-22-9-11-24(12-10-22)21(3)26-25(29)18-27-13-15-28(16-14-27)32(30,31)19-23-7-5-4-6-8-23/h4-12,20-21H,13-19H2,1-3H3,(H,26,29)/t21-/m1/s1. The molecule has 32 heavy (non-hydrogen) atoms. The predicted molar refractivity (Wildman–Crippen MR) is 129 cm³/mol. The summed E-state index contributed by atoms with van der Waals surface area (Å²) < 4.78 is 26.9. The Balaban J connectivity index is 1.45. The number of rotatable bonds is 9. The van der Waals surface area contributed by atoms with Crippen molar-refractivity contribution in [3.63, 3.8) is 0 Å². The lowest BCUT2D eigenvalue weighted by atomic mass is 10.00. The van der Waals surface area contributed by atoms with Crippen molar-refractivity contribution in [1.29, 1.82) is 0 Å². The highest BCUT2D eigenvalue weighted by Crippen LogP contribution is 2.16. The molecule has 1 N–H and O–H groups in total. The number of sulfonamides is 1. The molecule has 174 valence electrons. The van der Waals surface area contributed by atoms with Crippen LogP contribution in [0.5, 0.6) is 0 Å². The fourth-order valence-corrected chi connectivity index (χ4v) is 5.55. The summed E-state index contributed by atoms with van der Waals surface area (Å²) in [7, 11) is -3.35. The zero-order valence-corrected chi connectivity index (χ0v) is 20.1. The van der Waals surface area contributed by atoms with Gasteiger partial charge in [0.2, 0.25) is 15.9 Å². The van der Waals surface area contributed by atoms with Gasteiger partial charge in [-0.3, -0.25) is 9.69 Å². The maximum absolute atomic E-state index is 12.7. The van der Waals surface area contributed by atoms with Gasteiger partial charge < -0.3 is 5.32 Å². The van der Waals surface area contributed by atoms with E-state index in [2.05, 4.69) is 43.4 Å². The van der Waals surface area contributed by atoms with Gasteiger partial charge in [0.1, 0.15) is 0 Å². The normalized spacial score (nSPS) is 16.8. The van der Waals surface area contributed by atoms with Crippen LogP contribution in [0.15, 0.2) is 54.6 Å². The van der Waals surface area contributed by atoms with Crippen molar-refractivity contribution in [2.24, 2.45) is 5.92 Å². The average molecular weight is 458 g/mol. The second kappa shape index (κ2) is 11.1. The zero-order chi connectivity index (χ0) is 23.1. The van der Waals surface area contributed by atoms with E-state index >= 15 is 0 Å². The topological polar surface area (TPSA) is 69.7 Å². The van der Waals surface area contributed by atoms with E-state index < -0.39 is 10.0 Å². The monoisotopic (exact) mass is 457 g/mol. The number of carbonyl (C=O) groups is 1. The van der Waals surface area contributed by atoms with E-state index in [1.807, 2.05) is 42.2 Å². The molecule has 2 aromatic carbocycles. The molecule has 0 aromatic heterocycles. The van der Waals surface area contributed by atoms with Gasteiger partial charge in [-0.1, -0.05) is 68.4 Å². The molecule has 0 saturated carbocycles. The van der Waals surface area contributed by atoms with Gasteiger partial charge in [-0.25, -0.2) is 8.42 Å². The number of nitrogens with one attached hydrogen (secondary N) is 1. The molecule has 7 heteroatoms. The summed E-state index contributed by atoms with van der Waals surface area (Å²) in [6.07, 6.45) is 1.05. The van der Waals surface area contributed by atoms with Crippen molar-refractivity contribution in [1.82, 2.24) is 14.5 Å². The predicted octanol–water partition coefficient (Wildman–Crippen LogP) is 3.21. The summed E-state index contributed by atoms with van der Waals surface area (Å²) in [5.74, 6) is 0.595. The quantitative estimate of drug-likeness (QED) is 0.628. The van der Waals surface area contributed by atoms with Crippen LogP contribution in [0.4, 0.5) is 0 Å². The Bertz CT molecular complexity index is 967. The van der Waals surface area contributed by atoms with Crippen molar-refractivity contribution < 1.29 is 13.2 Å². The van der Waals surface area contributed by atoms with Crippen molar-refractivity contribution in [2.75, 3.05) is 32.7 Å². The lowest BCUT2D eigenvalue weighted by molar-refractivity contribution is -0.123. The van der Waals surface area contributed by atoms with E-state index in [0.29, 0.717) is 32.1 Å². The average Bonchev–Trinajstić information content (AvgIpc) is 2.74. The molecule has 0 bridgehead atoms. The van der Waals surface area contributed by atoms with Crippen LogP contribution in [0.2, 0.25) is 0 Å². The molecule has 6 nitrogen and oxygen atoms in total. The largest absolute Gasteiger partial charge is 0.348 e. The van der Waals surface area contributed by atoms with Crippen LogP contribution in [-0.2, 0) is 27.0 Å². The number of amides is 1. The summed E-state index contributed by atoms with van der Waals surface area (Å²) in [4.78, 5) is 14.6. The Morgan fingerprint density at radius 3 is 2.12 bits per heavy atom. The molecule has 1 saturated heterocycles. The van der Waals surface area contributed by atoms with Crippen LogP contribution < -0.4 is 5.32 Å². The van der Waals surface area contributed by atoms with Gasteiger partial charge in [-0.2, -0.15) is 4.31 Å². The van der Waals surface area contributed by atoms with Gasteiger partial charge in [0.15, 0.2) is 0 Å². The fourth-order valence-electron chi connectivity index (χ4n) is 4.03. The van der Waals surface area contributed by atoms with Crippen LogP contribution in [-0.4, -0.2) is 56.3 Å². The first-order valence-corrected chi connectivity index (χ1v) is 13.0. The molecule has 1 aliphatic heterocycles. The summed E-state index contributed by atoms with van der Waals surface area (Å²) in [6.45, 7) is 8.61. The lowest BCUT2D eigenvalue weighted by Crippen LogP contribution is -2.51. The van der Waals surface area contributed by atoms with Crippen LogP contribution in [0.25, 0.3) is 0 Å². The van der Waals surface area contributed by atoms with Crippen LogP contribution in [0.3, 0.4) is 0 Å². The van der Waals surface area contributed by atoms with Gasteiger partial charge in [0.05, 0.1) is 18.3 Å². The lowest BCUT2D eigenvalue weighted by Gasteiger charge is -2.33. The molecule has 0 aliphatic carbocycles. The minimum atomic E-state index is -3.35. The third-order valence-electron chi connectivity index (χ3n) is 5.78. The summed E-state index contributed by atoms with van der Waals surface area (Å²) >= 11 is 0. The van der Waals surface area contributed by atoms with E-state index in [9.17, 15) is 13.2 Å².